The van der Waals surface area contributed by atoms with E-state index in [1.54, 1.807) is 6.92 Å². The Morgan fingerprint density at radius 2 is 1.67 bits per heavy atom. The summed E-state index contributed by atoms with van der Waals surface area (Å²) in [6, 6.07) is 20.8. The van der Waals surface area contributed by atoms with Crippen LogP contribution < -0.4 is 0 Å². The van der Waals surface area contributed by atoms with Gasteiger partial charge in [-0.05, 0) is 23.6 Å². The van der Waals surface area contributed by atoms with Crippen LogP contribution in [-0.4, -0.2) is 35.8 Å². The van der Waals surface area contributed by atoms with E-state index in [2.05, 4.69) is 35.7 Å². The quantitative estimate of drug-likeness (QED) is 0.383. The zero-order chi connectivity index (χ0) is 19.2. The highest BCUT2D eigenvalue weighted by molar-refractivity contribution is 5.95. The van der Waals surface area contributed by atoms with Crippen LogP contribution in [0, 0.1) is 0 Å². The van der Waals surface area contributed by atoms with Gasteiger partial charge in [0.2, 0.25) is 0 Å². The van der Waals surface area contributed by atoms with Gasteiger partial charge in [-0.1, -0.05) is 67.2 Å². The van der Waals surface area contributed by atoms with Crippen LogP contribution >= 0.6 is 0 Å². The van der Waals surface area contributed by atoms with Crippen LogP contribution in [0.2, 0.25) is 0 Å². The fourth-order valence-corrected chi connectivity index (χ4v) is 3.51. The maximum absolute atomic E-state index is 12.1. The van der Waals surface area contributed by atoms with E-state index in [1.165, 1.54) is 5.56 Å². The fraction of sp³-hybridized carbons (Fsp3) is 0.304. The smallest absolute Gasteiger partial charge is 0.313 e. The topological polar surface area (TPSA) is 46.4 Å². The van der Waals surface area contributed by atoms with Gasteiger partial charge in [0.15, 0.2) is 0 Å². The van der Waals surface area contributed by atoms with Gasteiger partial charge < -0.3 is 4.74 Å². The molecule has 0 amide bonds. The van der Waals surface area contributed by atoms with E-state index in [9.17, 15) is 9.59 Å². The maximum Gasteiger partial charge on any atom is 0.313 e. The van der Waals surface area contributed by atoms with Crippen LogP contribution in [0.5, 0.6) is 0 Å². The Morgan fingerprint density at radius 1 is 1.04 bits per heavy atom. The van der Waals surface area contributed by atoms with Crippen molar-refractivity contribution < 1.29 is 14.3 Å². The van der Waals surface area contributed by atoms with Crippen molar-refractivity contribution >= 4 is 17.3 Å². The second kappa shape index (κ2) is 8.78. The van der Waals surface area contributed by atoms with Crippen LogP contribution in [0.4, 0.5) is 0 Å². The van der Waals surface area contributed by atoms with Gasteiger partial charge in [-0.25, -0.2) is 0 Å². The molecule has 0 saturated carbocycles. The molecule has 3 atom stereocenters. The lowest BCUT2D eigenvalue weighted by Gasteiger charge is -2.06. The molecule has 0 spiro atoms. The van der Waals surface area contributed by atoms with Crippen LogP contribution in [0.3, 0.4) is 0 Å². The second-order valence-electron chi connectivity index (χ2n) is 6.70. The molecule has 0 aliphatic carbocycles. The van der Waals surface area contributed by atoms with Crippen molar-refractivity contribution in [2.45, 2.75) is 31.8 Å². The molecule has 1 aliphatic heterocycles. The number of carbonyl (C=O) groups is 2. The van der Waals surface area contributed by atoms with E-state index < -0.39 is 5.97 Å². The lowest BCUT2D eigenvalue weighted by atomic mass is 10.00. The van der Waals surface area contributed by atoms with Crippen molar-refractivity contribution in [1.82, 2.24) is 4.90 Å². The maximum atomic E-state index is 12.1. The largest absolute Gasteiger partial charge is 0.466 e. The summed E-state index contributed by atoms with van der Waals surface area (Å²) in [6.07, 6.45) is 0.183. The summed E-state index contributed by atoms with van der Waals surface area (Å²) in [5.74, 6) is -0.533. The normalized spacial score (nSPS) is 20.7. The van der Waals surface area contributed by atoms with E-state index >= 15 is 0 Å². The molecule has 140 valence electrons. The van der Waals surface area contributed by atoms with Gasteiger partial charge in [0, 0.05) is 13.0 Å². The summed E-state index contributed by atoms with van der Waals surface area (Å²) in [5.41, 5.74) is 3.39. The minimum atomic E-state index is -0.446. The third kappa shape index (κ3) is 4.72. The third-order valence-corrected chi connectivity index (χ3v) is 4.86. The van der Waals surface area contributed by atoms with Crippen molar-refractivity contribution in [2.75, 3.05) is 13.2 Å². The highest BCUT2D eigenvalue weighted by Gasteiger charge is 2.49. The average Bonchev–Trinajstić information content (AvgIpc) is 3.41. The third-order valence-electron chi connectivity index (χ3n) is 4.86. The van der Waals surface area contributed by atoms with Crippen molar-refractivity contribution in [3.8, 4) is 0 Å². The van der Waals surface area contributed by atoms with Crippen molar-refractivity contribution in [1.29, 1.82) is 0 Å². The summed E-state index contributed by atoms with van der Waals surface area (Å²) in [6.45, 7) is 6.96. The molecule has 0 aromatic heterocycles. The highest BCUT2D eigenvalue weighted by Crippen LogP contribution is 2.49. The summed E-state index contributed by atoms with van der Waals surface area (Å²) in [5, 5.41) is 0. The fourth-order valence-electron chi connectivity index (χ4n) is 3.51. The minimum absolute atomic E-state index is 0.0868. The molecule has 1 saturated heterocycles. The number of benzene rings is 2. The summed E-state index contributed by atoms with van der Waals surface area (Å²) < 4.78 is 4.86. The van der Waals surface area contributed by atoms with Crippen molar-refractivity contribution in [2.24, 2.45) is 0 Å². The van der Waals surface area contributed by atoms with E-state index in [0.717, 1.165) is 11.1 Å². The number of ether oxygens (including phenoxy) is 1. The molecule has 1 unspecified atom stereocenters. The van der Waals surface area contributed by atoms with Gasteiger partial charge in [0.1, 0.15) is 12.2 Å². The predicted octanol–water partition coefficient (Wildman–Crippen LogP) is 4.04. The molecule has 0 N–H and O–H groups in total. The molecular formula is C23H25NO3. The Kier molecular flexibility index (Phi) is 6.20. The van der Waals surface area contributed by atoms with E-state index in [0.29, 0.717) is 19.6 Å². The van der Waals surface area contributed by atoms with Gasteiger partial charge in [-0.3, -0.25) is 14.5 Å². The van der Waals surface area contributed by atoms with E-state index in [4.69, 9.17) is 4.74 Å². The Balaban J connectivity index is 1.67. The molecular weight excluding hydrogens is 338 g/mol. The molecule has 1 aliphatic rings. The van der Waals surface area contributed by atoms with Crippen LogP contribution in [0.1, 0.15) is 36.9 Å². The molecule has 27 heavy (non-hydrogen) atoms. The monoisotopic (exact) mass is 363 g/mol. The zero-order valence-electron chi connectivity index (χ0n) is 15.6. The Bertz CT molecular complexity index is 801. The molecule has 1 heterocycles. The molecule has 3 rings (SSSR count). The Hall–Kier alpha value is -2.72. The lowest BCUT2D eigenvalue weighted by molar-refractivity contribution is -0.145. The number of esters is 1. The van der Waals surface area contributed by atoms with Crippen molar-refractivity contribution in [3.05, 3.63) is 78.4 Å². The number of nitrogens with zero attached hydrogens (tertiary/aromatic N) is 1. The summed E-state index contributed by atoms with van der Waals surface area (Å²) in [4.78, 5) is 25.9. The molecule has 4 nitrogen and oxygen atoms in total. The molecule has 4 heteroatoms. The highest BCUT2D eigenvalue weighted by atomic mass is 16.5. The first-order valence-corrected chi connectivity index (χ1v) is 9.34. The molecule has 2 aromatic rings. The second-order valence-corrected chi connectivity index (χ2v) is 6.70. The first kappa shape index (κ1) is 19.1. The predicted molar refractivity (Wildman–Crippen MR) is 106 cm³/mol. The van der Waals surface area contributed by atoms with Crippen molar-refractivity contribution in [3.63, 3.8) is 0 Å². The zero-order valence-corrected chi connectivity index (χ0v) is 15.6. The van der Waals surface area contributed by atoms with Gasteiger partial charge >= 0.3 is 5.97 Å². The number of carbonyl (C=O) groups excluding carboxylic acids is 2. The van der Waals surface area contributed by atoms with Crippen LogP contribution in [0.25, 0.3) is 5.57 Å². The van der Waals surface area contributed by atoms with Gasteiger partial charge in [-0.2, -0.15) is 0 Å². The average molecular weight is 363 g/mol. The molecule has 0 radical (unpaired) electrons. The Labute approximate surface area is 160 Å². The molecule has 1 fully saturated rings. The number of ketones is 1. The van der Waals surface area contributed by atoms with E-state index in [1.807, 2.05) is 36.4 Å². The summed E-state index contributed by atoms with van der Waals surface area (Å²) >= 11 is 0. The SMILES string of the molecule is C=C(c1ccccc1)[C@@H]1[C@@H](c2ccccc2)N1CCC(=O)CC(=O)OCC. The first-order valence-electron chi connectivity index (χ1n) is 9.34. The minimum Gasteiger partial charge on any atom is -0.466 e. The van der Waals surface area contributed by atoms with E-state index in [-0.39, 0.29) is 24.3 Å². The standard InChI is InChI=1S/C23H25NO3/c1-3-27-21(26)16-20(25)14-15-24-22(17(2)18-10-6-4-7-11-18)23(24)19-12-8-5-9-13-19/h4-13,22-23H,2-3,14-16H2,1H3/t22-,23-,24?/m1/s1. The summed E-state index contributed by atoms with van der Waals surface area (Å²) in [7, 11) is 0. The molecule has 2 aromatic carbocycles. The number of hydrogen-bond donors (Lipinski definition) is 0. The number of hydrogen-bond acceptors (Lipinski definition) is 4. The molecule has 0 bridgehead atoms. The van der Waals surface area contributed by atoms with Gasteiger partial charge in [0.05, 0.1) is 18.7 Å². The van der Waals surface area contributed by atoms with Gasteiger partial charge in [0.25, 0.3) is 0 Å². The van der Waals surface area contributed by atoms with Gasteiger partial charge in [-0.15, -0.1) is 0 Å². The van der Waals surface area contributed by atoms with Crippen LogP contribution in [-0.2, 0) is 14.3 Å². The number of Topliss-reactive ketones (excluding diaryl/α,β-unsaturated/α-hetero) is 1. The van der Waals surface area contributed by atoms with Crippen LogP contribution in [0.15, 0.2) is 67.2 Å². The first-order chi connectivity index (χ1) is 13.1. The Morgan fingerprint density at radius 3 is 2.30 bits per heavy atom. The number of rotatable bonds is 9. The lowest BCUT2D eigenvalue weighted by Crippen LogP contribution is -2.15.